The van der Waals surface area contributed by atoms with Crippen molar-refractivity contribution in [1.82, 2.24) is 0 Å². The molecule has 0 heterocycles. The molecule has 6 aliphatic rings. The van der Waals surface area contributed by atoms with Crippen LogP contribution in [0, 0.1) is 316 Å². The van der Waals surface area contributed by atoms with Gasteiger partial charge in [0.15, 0.2) is 140 Å². The van der Waals surface area contributed by atoms with Crippen molar-refractivity contribution in [2.75, 3.05) is 0 Å². The number of benzene rings is 9. The van der Waals surface area contributed by atoms with Gasteiger partial charge in [0.25, 0.3) is 0 Å². The molecular formula is C92H14F32N14. The minimum atomic E-state index is -2.65. The van der Waals surface area contributed by atoms with E-state index in [9.17, 15) is 121 Å². The Morgan fingerprint density at radius 2 is 0.370 bits per heavy atom. The zero-order valence-electron chi connectivity index (χ0n) is 65.8. The van der Waals surface area contributed by atoms with Gasteiger partial charge < -0.3 is 0 Å². The van der Waals surface area contributed by atoms with Crippen molar-refractivity contribution >= 4 is 33.4 Å². The summed E-state index contributed by atoms with van der Waals surface area (Å²) in [6, 6.07) is 13.4. The fourth-order valence-corrected chi connectivity index (χ4v) is 16.4. The lowest BCUT2D eigenvalue weighted by Crippen LogP contribution is -2.28. The van der Waals surface area contributed by atoms with E-state index in [1.54, 1.807) is 12.1 Å². The Hall–Kier alpha value is -18.7. The molecular weight excluding hydrogens is 1910 g/mol. The van der Waals surface area contributed by atoms with Gasteiger partial charge in [0.2, 0.25) is 34.9 Å². The predicted octanol–water partition coefficient (Wildman–Crippen LogP) is 18.0. The van der Waals surface area contributed by atoms with Crippen molar-refractivity contribution in [2.45, 2.75) is 38.5 Å². The molecule has 0 N–H and O–H groups in total. The maximum atomic E-state index is 16.5. The van der Waals surface area contributed by atoms with Crippen molar-refractivity contribution in [3.05, 3.63) is 444 Å². The largest absolute Gasteiger partial charge is 0.523 e. The summed E-state index contributed by atoms with van der Waals surface area (Å²) in [4.78, 5) is 17.3. The number of hydrogen-bond acceptors (Lipinski definition) is 8. The van der Waals surface area contributed by atoms with E-state index >= 15 is 61.5 Å². The zero-order valence-corrected chi connectivity index (χ0v) is 65.8. The van der Waals surface area contributed by atoms with Crippen molar-refractivity contribution in [3.8, 4) is 48.6 Å². The molecule has 0 fully saturated rings. The summed E-state index contributed by atoms with van der Waals surface area (Å²) in [6.07, 6.45) is -5.42. The van der Waals surface area contributed by atoms with E-state index in [4.69, 9.17) is 39.4 Å². The molecule has 6 aliphatic carbocycles. The van der Waals surface area contributed by atoms with Crippen LogP contribution < -0.4 is 31.3 Å². The number of hydrogen-bond donors (Lipinski definition) is 0. The van der Waals surface area contributed by atoms with Gasteiger partial charge in [0, 0.05) is 74.4 Å². The average Bonchev–Trinajstić information content (AvgIpc) is 1.53. The maximum absolute atomic E-state index is 16.5. The molecule has 0 atom stereocenters. The van der Waals surface area contributed by atoms with E-state index in [0.29, 0.717) is 0 Å². The zero-order chi connectivity index (χ0) is 102. The quantitative estimate of drug-likeness (QED) is 0.0511. The third-order valence-corrected chi connectivity index (χ3v) is 22.1. The van der Waals surface area contributed by atoms with Gasteiger partial charge in [0.1, 0.15) is 116 Å². The van der Waals surface area contributed by atoms with Crippen LogP contribution in [0.1, 0.15) is 77.9 Å². The summed E-state index contributed by atoms with van der Waals surface area (Å²) < 4.78 is 469. The van der Waals surface area contributed by atoms with Gasteiger partial charge in [-0.2, -0.15) is 71.2 Å². The Morgan fingerprint density at radius 3 is 0.601 bits per heavy atom. The van der Waals surface area contributed by atoms with Gasteiger partial charge in [-0.1, -0.05) is 0 Å². The molecule has 0 unspecified atom stereocenters. The Balaban J connectivity index is 0.000000175. The fraction of sp³-hybridized carbons (Fsp3) is 0.0652. The summed E-state index contributed by atoms with van der Waals surface area (Å²) in [5.74, 6) is -80.7. The molecule has 9 aromatic rings. The molecule has 9 aromatic carbocycles. The van der Waals surface area contributed by atoms with Crippen LogP contribution in [0.15, 0.2) is 79.8 Å². The first-order valence-corrected chi connectivity index (χ1v) is 36.4. The van der Waals surface area contributed by atoms with E-state index in [0.717, 1.165) is 12.1 Å². The highest BCUT2D eigenvalue weighted by Crippen LogP contribution is 2.47. The molecule has 0 aliphatic heterocycles. The molecule has 0 spiro atoms. The Morgan fingerprint density at radius 1 is 0.203 bits per heavy atom. The molecule has 14 nitrogen and oxygen atoms in total. The summed E-state index contributed by atoms with van der Waals surface area (Å²) in [6.45, 7) is 43.7. The minimum absolute atomic E-state index is 0.111. The fourth-order valence-electron chi connectivity index (χ4n) is 16.4. The topological polar surface area (TPSA) is 216 Å². The highest BCUT2D eigenvalue weighted by molar-refractivity contribution is 5.95. The smallest absolute Gasteiger partial charge is 0.206 e. The van der Waals surface area contributed by atoms with E-state index in [1.807, 2.05) is 0 Å². The molecule has 0 bridgehead atoms. The Bertz CT molecular complexity index is 8060. The van der Waals surface area contributed by atoms with Gasteiger partial charge in [-0.3, -0.25) is 0 Å². The minimum Gasteiger partial charge on any atom is -0.206 e. The number of nitriles is 8. The molecule has 0 saturated carbocycles. The maximum Gasteiger partial charge on any atom is 0.523 e. The number of fused-ring (bicyclic) bond motifs is 6. The van der Waals surface area contributed by atoms with E-state index < -0.39 is 413 Å². The second-order valence-electron chi connectivity index (χ2n) is 28.5. The molecule has 676 valence electrons. The van der Waals surface area contributed by atoms with Crippen molar-refractivity contribution in [2.24, 2.45) is 0 Å². The van der Waals surface area contributed by atoms with Crippen molar-refractivity contribution < 1.29 is 140 Å². The Labute approximate surface area is 744 Å². The first kappa shape index (κ1) is 96.8. The van der Waals surface area contributed by atoms with Crippen molar-refractivity contribution in [3.63, 3.8) is 0 Å². The van der Waals surface area contributed by atoms with Crippen molar-refractivity contribution in [1.29, 1.82) is 42.1 Å². The van der Waals surface area contributed by atoms with Gasteiger partial charge >= 0.3 is 17.5 Å². The van der Waals surface area contributed by atoms with Gasteiger partial charge in [0.05, 0.1) is 61.2 Å². The lowest BCUT2D eigenvalue weighted by atomic mass is 9.91. The second kappa shape index (κ2) is 35.8. The van der Waals surface area contributed by atoms with Gasteiger partial charge in [-0.15, -0.1) is 0 Å². The molecule has 0 saturated heterocycles. The third kappa shape index (κ3) is 13.9. The number of halogens is 32. The number of rotatable bonds is 6. The lowest BCUT2D eigenvalue weighted by Gasteiger charge is -2.12. The van der Waals surface area contributed by atoms with Crippen LogP contribution in [-0.2, 0) is 38.5 Å². The summed E-state index contributed by atoms with van der Waals surface area (Å²) >= 11 is 0. The van der Waals surface area contributed by atoms with Crippen LogP contribution in [0.2, 0.25) is 0 Å². The van der Waals surface area contributed by atoms with Gasteiger partial charge in [-0.25, -0.2) is 140 Å². The van der Waals surface area contributed by atoms with Gasteiger partial charge in [-0.05, 0) is 91.1 Å². The number of nitrogens with zero attached hydrogens (tertiary/aromatic N) is 14. The summed E-state index contributed by atoms with van der Waals surface area (Å²) in [5, 5.41) is 72.9. The first-order valence-electron chi connectivity index (χ1n) is 36.4. The first-order chi connectivity index (χ1) is 65.3. The normalized spacial score (nSPS) is 13.1. The van der Waals surface area contributed by atoms with Crippen LogP contribution >= 0.6 is 0 Å². The molecule has 15 rings (SSSR count). The monoisotopic (exact) mass is 1920 g/mol. The lowest BCUT2D eigenvalue weighted by molar-refractivity contribution is 0.376. The Kier molecular flexibility index (Phi) is 25.1. The molecule has 0 radical (unpaired) electrons. The molecule has 0 aromatic heterocycles. The van der Waals surface area contributed by atoms with Crippen LogP contribution in [0.4, 0.5) is 140 Å². The van der Waals surface area contributed by atoms with E-state index in [1.165, 1.54) is 36.4 Å². The third-order valence-electron chi connectivity index (χ3n) is 22.1. The molecule has 46 heteroatoms. The van der Waals surface area contributed by atoms with Crippen LogP contribution in [0.5, 0.6) is 0 Å². The SMILES string of the molecule is [C-]#[N+]C([N+]#[C-])=C1Cc2c(C#N)c3c(c(C#N)c2=C1c1c(F)c(F)c(F)c(F)c1F)CC(=C(C#N)C#N)C=3c1c(F)c(F)c(F)c(F)c1F.[C-]#[N+]C([N+]#[C-])=C1Cc2c(F)c3c(c(F)c2=C1c1c(F)c(F)c(F)c(F)c1F)CC(=C(C#N)C#N)C=3c1c(F)c(F)c(F)c(F)c1F.[C-]#[N+]C([N+]#[C-])=C1Cc2cc3c(cc2=C1c1c(F)c(F)c(F)c(F)c1F)CC(=C(C#N)C#N)C=3c1c(F)c(F)c(F)c(F)c1F. The highest BCUT2D eigenvalue weighted by atomic mass is 19.2. The summed E-state index contributed by atoms with van der Waals surface area (Å²) in [5.41, 5.74) is -28.9. The number of allylic oxidation sites excluding steroid dienone is 9. The molecule has 0 amide bonds. The van der Waals surface area contributed by atoms with Crippen LogP contribution in [-0.4, -0.2) is 0 Å². The second-order valence-corrected chi connectivity index (χ2v) is 28.5. The predicted molar refractivity (Wildman–Crippen MR) is 397 cm³/mol. The molecule has 138 heavy (non-hydrogen) atoms. The van der Waals surface area contributed by atoms with Crippen LogP contribution in [0.25, 0.3) is 62.5 Å². The average molecular weight is 1920 g/mol. The highest BCUT2D eigenvalue weighted by Gasteiger charge is 2.47. The van der Waals surface area contributed by atoms with Crippen LogP contribution in [0.3, 0.4) is 0 Å². The summed E-state index contributed by atoms with van der Waals surface area (Å²) in [7, 11) is 0. The standard InChI is InChI=1S/C32H4F10N6.C30H4F12N4.C30H6F10N4/c1-47-32(48-2)13-4-12-15(8-46)16-11(14(7-45)17(12)19(13)21-24(35)28(39)31(42)29(40)25(21)36)3-10(9(5-43)6-44)18(16)20-22(33)26(37)30(41)27(38)23(20)34;1-45-30(46-2)11-4-10-15(13(11)17-22(35)26(39)29(42)27(40)23(17)36)18(31)9-3-8(7(5-43)6-44)12(14(9)19(10)32)16-20(33)24(37)28(41)25(38)21(16)34;1-43-30(44-2)15-6-10-4-12-9(3-13(10)17(15)19-22(33)26(37)29(40)27(38)23(19)34)5-14(11(7-41)8-42)16(12)18-20(31)24(35)28(39)25(36)21(18)32/h3-4H2;3-4H2;3-4H,5-6H2. The van der Waals surface area contributed by atoms with E-state index in [-0.39, 0.29) is 21.6 Å². The van der Waals surface area contributed by atoms with E-state index in [2.05, 4.69) is 29.1 Å².